The topological polar surface area (TPSA) is 55.2 Å². The fourth-order valence-electron chi connectivity index (χ4n) is 1.52. The van der Waals surface area contributed by atoms with E-state index in [9.17, 15) is 10.1 Å². The van der Waals surface area contributed by atoms with Crippen LogP contribution in [0.5, 0.6) is 0 Å². The zero-order valence-corrected chi connectivity index (χ0v) is 12.1. The number of thioether (sulfide) groups is 1. The molecule has 0 amide bonds. The van der Waals surface area contributed by atoms with Gasteiger partial charge in [0.1, 0.15) is 5.69 Å². The fraction of sp³-hybridized carbons (Fsp3) is 0.500. The Labute approximate surface area is 116 Å². The highest BCUT2D eigenvalue weighted by Crippen LogP contribution is 2.28. The molecule has 0 aliphatic carbocycles. The minimum absolute atomic E-state index is 0.0255. The van der Waals surface area contributed by atoms with Gasteiger partial charge in [0.05, 0.1) is 4.92 Å². The molecule has 0 saturated heterocycles. The first-order valence-corrected chi connectivity index (χ1v) is 7.36. The van der Waals surface area contributed by atoms with Gasteiger partial charge in [0, 0.05) is 17.1 Å². The number of anilines is 1. The van der Waals surface area contributed by atoms with E-state index in [0.717, 1.165) is 17.9 Å². The monoisotopic (exact) mass is 288 g/mol. The van der Waals surface area contributed by atoms with E-state index in [4.69, 9.17) is 11.6 Å². The molecule has 1 aromatic rings. The molecule has 0 saturated carbocycles. The summed E-state index contributed by atoms with van der Waals surface area (Å²) in [4.78, 5) is 10.5. The summed E-state index contributed by atoms with van der Waals surface area (Å²) in [7, 11) is 0. The van der Waals surface area contributed by atoms with E-state index in [1.165, 1.54) is 6.07 Å². The summed E-state index contributed by atoms with van der Waals surface area (Å²) < 4.78 is 0. The fourth-order valence-corrected chi connectivity index (χ4v) is 2.50. The summed E-state index contributed by atoms with van der Waals surface area (Å²) in [6.45, 7) is 4.14. The Morgan fingerprint density at radius 2 is 2.28 bits per heavy atom. The summed E-state index contributed by atoms with van der Waals surface area (Å²) in [5.74, 6) is 2.14. The van der Waals surface area contributed by atoms with Crippen LogP contribution in [-0.4, -0.2) is 22.5 Å². The zero-order valence-electron chi connectivity index (χ0n) is 10.5. The number of nitro groups is 1. The molecule has 0 aliphatic rings. The van der Waals surface area contributed by atoms with E-state index in [-0.39, 0.29) is 11.7 Å². The van der Waals surface area contributed by atoms with E-state index in [2.05, 4.69) is 12.2 Å². The molecule has 1 atom stereocenters. The van der Waals surface area contributed by atoms with Crippen molar-refractivity contribution in [3.8, 4) is 0 Å². The third kappa shape index (κ3) is 4.74. The molecular formula is C12H17ClN2O2S. The number of halogens is 1. The Morgan fingerprint density at radius 1 is 1.56 bits per heavy atom. The SMILES string of the molecule is CCSCCC(C)Nc1ccc(Cl)cc1[N+](=O)[O-]. The van der Waals surface area contributed by atoms with E-state index in [1.807, 2.05) is 18.7 Å². The van der Waals surface area contributed by atoms with Gasteiger partial charge in [-0.2, -0.15) is 11.8 Å². The normalized spacial score (nSPS) is 12.2. The number of rotatable bonds is 7. The first-order valence-electron chi connectivity index (χ1n) is 5.82. The number of nitro benzene ring substituents is 1. The molecule has 1 unspecified atom stereocenters. The van der Waals surface area contributed by atoms with Crippen molar-refractivity contribution in [2.75, 3.05) is 16.8 Å². The van der Waals surface area contributed by atoms with Crippen LogP contribution in [0.25, 0.3) is 0 Å². The van der Waals surface area contributed by atoms with Crippen molar-refractivity contribution in [2.45, 2.75) is 26.3 Å². The molecule has 0 radical (unpaired) electrons. The van der Waals surface area contributed by atoms with Crippen LogP contribution < -0.4 is 5.32 Å². The standard InChI is InChI=1S/C12H17ClN2O2S/c1-3-18-7-6-9(2)14-11-5-4-10(13)8-12(11)15(16)17/h4-5,8-9,14H,3,6-7H2,1-2H3. The molecule has 0 aliphatic heterocycles. The first kappa shape index (κ1) is 15.1. The van der Waals surface area contributed by atoms with Crippen LogP contribution in [0.4, 0.5) is 11.4 Å². The third-order valence-electron chi connectivity index (χ3n) is 2.46. The third-order valence-corrected chi connectivity index (χ3v) is 3.63. The van der Waals surface area contributed by atoms with Crippen molar-refractivity contribution >= 4 is 34.7 Å². The number of benzene rings is 1. The van der Waals surface area contributed by atoms with E-state index >= 15 is 0 Å². The predicted molar refractivity (Wildman–Crippen MR) is 78.8 cm³/mol. The molecule has 0 spiro atoms. The van der Waals surface area contributed by atoms with Crippen LogP contribution in [0, 0.1) is 10.1 Å². The molecule has 1 N–H and O–H groups in total. The predicted octanol–water partition coefficient (Wildman–Crippen LogP) is 4.19. The lowest BCUT2D eigenvalue weighted by Gasteiger charge is -2.15. The van der Waals surface area contributed by atoms with Crippen LogP contribution in [0.3, 0.4) is 0 Å². The van der Waals surface area contributed by atoms with Gasteiger partial charge in [0.25, 0.3) is 5.69 Å². The Balaban J connectivity index is 2.68. The van der Waals surface area contributed by atoms with E-state index < -0.39 is 4.92 Å². The number of nitrogens with one attached hydrogen (secondary N) is 1. The van der Waals surface area contributed by atoms with Crippen LogP contribution >= 0.6 is 23.4 Å². The van der Waals surface area contributed by atoms with Gasteiger partial charge in [-0.25, -0.2) is 0 Å². The van der Waals surface area contributed by atoms with Crippen molar-refractivity contribution in [3.63, 3.8) is 0 Å². The largest absolute Gasteiger partial charge is 0.377 e. The second-order valence-electron chi connectivity index (χ2n) is 3.95. The average Bonchev–Trinajstić information content (AvgIpc) is 2.31. The highest BCUT2D eigenvalue weighted by Gasteiger charge is 2.15. The smallest absolute Gasteiger partial charge is 0.293 e. The molecule has 1 aromatic carbocycles. The maximum atomic E-state index is 10.9. The average molecular weight is 289 g/mol. The van der Waals surface area contributed by atoms with Crippen LogP contribution in [0.2, 0.25) is 5.02 Å². The van der Waals surface area contributed by atoms with E-state index in [1.54, 1.807) is 12.1 Å². The van der Waals surface area contributed by atoms with Gasteiger partial charge in [-0.3, -0.25) is 10.1 Å². The Bertz CT molecular complexity index is 415. The van der Waals surface area contributed by atoms with E-state index in [0.29, 0.717) is 10.7 Å². The maximum Gasteiger partial charge on any atom is 0.293 e. The molecule has 0 aromatic heterocycles. The molecule has 100 valence electrons. The van der Waals surface area contributed by atoms with Gasteiger partial charge in [-0.1, -0.05) is 18.5 Å². The highest BCUT2D eigenvalue weighted by atomic mass is 35.5. The number of nitrogens with zero attached hydrogens (tertiary/aromatic N) is 1. The van der Waals surface area contributed by atoms with Crippen molar-refractivity contribution < 1.29 is 4.92 Å². The highest BCUT2D eigenvalue weighted by molar-refractivity contribution is 7.99. The Kier molecular flexibility index (Phi) is 6.29. The molecule has 1 rings (SSSR count). The lowest BCUT2D eigenvalue weighted by atomic mass is 10.2. The lowest BCUT2D eigenvalue weighted by Crippen LogP contribution is -2.16. The van der Waals surface area contributed by atoms with Crippen molar-refractivity contribution in [2.24, 2.45) is 0 Å². The summed E-state index contributed by atoms with van der Waals surface area (Å²) in [5, 5.41) is 14.5. The summed E-state index contributed by atoms with van der Waals surface area (Å²) in [5.41, 5.74) is 0.552. The molecule has 0 heterocycles. The second kappa shape index (κ2) is 7.48. The van der Waals surface area contributed by atoms with Gasteiger partial charge >= 0.3 is 0 Å². The Morgan fingerprint density at radius 3 is 2.89 bits per heavy atom. The second-order valence-corrected chi connectivity index (χ2v) is 5.78. The molecule has 6 heteroatoms. The molecule has 18 heavy (non-hydrogen) atoms. The molecule has 0 bridgehead atoms. The number of hydrogen-bond acceptors (Lipinski definition) is 4. The quantitative estimate of drug-likeness (QED) is 0.464. The minimum atomic E-state index is -0.415. The van der Waals surface area contributed by atoms with Gasteiger partial charge < -0.3 is 5.32 Å². The summed E-state index contributed by atoms with van der Waals surface area (Å²) >= 11 is 7.63. The van der Waals surface area contributed by atoms with Gasteiger partial charge in [0.2, 0.25) is 0 Å². The van der Waals surface area contributed by atoms with Crippen molar-refractivity contribution in [1.82, 2.24) is 0 Å². The van der Waals surface area contributed by atoms with Gasteiger partial charge in [-0.05, 0) is 37.0 Å². The summed E-state index contributed by atoms with van der Waals surface area (Å²) in [6, 6.07) is 4.88. The van der Waals surface area contributed by atoms with Crippen LogP contribution in [-0.2, 0) is 0 Å². The zero-order chi connectivity index (χ0) is 13.5. The first-order chi connectivity index (χ1) is 8.54. The maximum absolute atomic E-state index is 10.9. The molecular weight excluding hydrogens is 272 g/mol. The van der Waals surface area contributed by atoms with Crippen molar-refractivity contribution in [3.05, 3.63) is 33.3 Å². The van der Waals surface area contributed by atoms with Gasteiger partial charge in [-0.15, -0.1) is 0 Å². The molecule has 4 nitrogen and oxygen atoms in total. The van der Waals surface area contributed by atoms with Crippen molar-refractivity contribution in [1.29, 1.82) is 0 Å². The number of hydrogen-bond donors (Lipinski definition) is 1. The lowest BCUT2D eigenvalue weighted by molar-refractivity contribution is -0.384. The van der Waals surface area contributed by atoms with Crippen LogP contribution in [0.1, 0.15) is 20.3 Å². The minimum Gasteiger partial charge on any atom is -0.377 e. The van der Waals surface area contributed by atoms with Crippen LogP contribution in [0.15, 0.2) is 18.2 Å². The molecule has 0 fully saturated rings. The van der Waals surface area contributed by atoms with Gasteiger partial charge in [0.15, 0.2) is 0 Å². The Hall–Kier alpha value is -0.940. The summed E-state index contributed by atoms with van der Waals surface area (Å²) in [6.07, 6.45) is 0.971.